The molecular weight excluding hydrogens is 240 g/mol. The molecule has 0 radical (unpaired) electrons. The van der Waals surface area contributed by atoms with Crippen LogP contribution >= 0.6 is 0 Å². The van der Waals surface area contributed by atoms with Gasteiger partial charge in [0.2, 0.25) is 0 Å². The van der Waals surface area contributed by atoms with Gasteiger partial charge in [0.15, 0.2) is 0 Å². The molecule has 1 fully saturated rings. The molecule has 2 amide bonds. The maximum Gasteiger partial charge on any atom is 0.320 e. The zero-order chi connectivity index (χ0) is 13.4. The minimum Gasteiger partial charge on any atom is -0.325 e. The fourth-order valence-corrected chi connectivity index (χ4v) is 3.06. The lowest BCUT2D eigenvalue weighted by Gasteiger charge is -2.30. The maximum absolute atomic E-state index is 12.5. The highest BCUT2D eigenvalue weighted by atomic mass is 16.2. The second-order valence-electron chi connectivity index (χ2n) is 5.91. The molecule has 0 atom stereocenters. The largest absolute Gasteiger partial charge is 0.325 e. The summed E-state index contributed by atoms with van der Waals surface area (Å²) in [5.74, 6) is 0.407. The summed E-state index contributed by atoms with van der Waals surface area (Å²) in [6, 6.07) is 0.194. The van der Waals surface area contributed by atoms with Crippen LogP contribution in [-0.2, 0) is 13.1 Å². The van der Waals surface area contributed by atoms with Gasteiger partial charge < -0.3 is 9.80 Å². The van der Waals surface area contributed by atoms with Crippen LogP contribution in [0.2, 0.25) is 0 Å². The van der Waals surface area contributed by atoms with Gasteiger partial charge in [-0.2, -0.15) is 5.10 Å². The smallest absolute Gasteiger partial charge is 0.320 e. The normalized spacial score (nSPS) is 19.1. The van der Waals surface area contributed by atoms with Gasteiger partial charge in [-0.1, -0.05) is 13.8 Å². The van der Waals surface area contributed by atoms with Gasteiger partial charge in [0.05, 0.1) is 24.5 Å². The first kappa shape index (κ1) is 12.5. The zero-order valence-corrected chi connectivity index (χ0v) is 11.8. The summed E-state index contributed by atoms with van der Waals surface area (Å²) in [7, 11) is 0. The molecule has 3 rings (SSSR count). The predicted octanol–water partition coefficient (Wildman–Crippen LogP) is 2.45. The van der Waals surface area contributed by atoms with E-state index in [1.807, 2.05) is 9.80 Å². The molecule has 2 aliphatic heterocycles. The Labute approximate surface area is 114 Å². The molecule has 1 saturated heterocycles. The van der Waals surface area contributed by atoms with Crippen molar-refractivity contribution in [3.63, 3.8) is 0 Å². The molecular formula is C14H22N4O. The molecule has 0 unspecified atom stereocenters. The van der Waals surface area contributed by atoms with Crippen molar-refractivity contribution in [3.8, 4) is 0 Å². The van der Waals surface area contributed by atoms with Crippen LogP contribution in [0, 0.1) is 0 Å². The predicted molar refractivity (Wildman–Crippen MR) is 72.7 cm³/mol. The number of amides is 2. The number of nitrogens with zero attached hydrogens (tertiary/aromatic N) is 3. The van der Waals surface area contributed by atoms with Crippen molar-refractivity contribution in [2.45, 2.75) is 52.1 Å². The number of likely N-dealkylation sites (tertiary alicyclic amines) is 1. The lowest BCUT2D eigenvalue weighted by atomic mass is 10.1. The third kappa shape index (κ3) is 2.22. The average molecular weight is 262 g/mol. The Morgan fingerprint density at radius 1 is 1.16 bits per heavy atom. The van der Waals surface area contributed by atoms with Crippen molar-refractivity contribution in [1.82, 2.24) is 20.0 Å². The summed E-state index contributed by atoms with van der Waals surface area (Å²) < 4.78 is 0. The molecule has 104 valence electrons. The van der Waals surface area contributed by atoms with Crippen LogP contribution in [-0.4, -0.2) is 39.1 Å². The second kappa shape index (κ2) is 4.87. The molecule has 5 heteroatoms. The van der Waals surface area contributed by atoms with E-state index in [1.54, 1.807) is 0 Å². The number of piperidine rings is 1. The molecule has 1 aromatic rings. The number of hydrogen-bond acceptors (Lipinski definition) is 2. The van der Waals surface area contributed by atoms with E-state index in [-0.39, 0.29) is 6.03 Å². The van der Waals surface area contributed by atoms with Crippen LogP contribution < -0.4 is 0 Å². The van der Waals surface area contributed by atoms with Crippen LogP contribution in [0.5, 0.6) is 0 Å². The number of nitrogens with one attached hydrogen (secondary N) is 1. The van der Waals surface area contributed by atoms with E-state index in [0.717, 1.165) is 37.3 Å². The summed E-state index contributed by atoms with van der Waals surface area (Å²) in [4.78, 5) is 16.4. The van der Waals surface area contributed by atoms with Gasteiger partial charge in [-0.3, -0.25) is 5.10 Å². The highest BCUT2D eigenvalue weighted by Gasteiger charge is 2.31. The third-order valence-electron chi connectivity index (χ3n) is 4.13. The van der Waals surface area contributed by atoms with Gasteiger partial charge in [0.1, 0.15) is 0 Å². The van der Waals surface area contributed by atoms with Crippen molar-refractivity contribution in [1.29, 1.82) is 0 Å². The summed E-state index contributed by atoms with van der Waals surface area (Å²) in [6.45, 7) is 7.52. The van der Waals surface area contributed by atoms with Gasteiger partial charge in [-0.25, -0.2) is 4.79 Å². The Balaban J connectivity index is 1.71. The fourth-order valence-electron chi connectivity index (χ4n) is 3.06. The molecule has 2 aliphatic rings. The van der Waals surface area contributed by atoms with Gasteiger partial charge in [0.25, 0.3) is 0 Å². The van der Waals surface area contributed by atoms with E-state index >= 15 is 0 Å². The number of urea groups is 1. The van der Waals surface area contributed by atoms with E-state index in [1.165, 1.54) is 12.0 Å². The average Bonchev–Trinajstić information content (AvgIpc) is 2.98. The van der Waals surface area contributed by atoms with Crippen LogP contribution in [0.1, 0.15) is 56.0 Å². The highest BCUT2D eigenvalue weighted by molar-refractivity contribution is 5.75. The van der Waals surface area contributed by atoms with Gasteiger partial charge in [-0.05, 0) is 25.2 Å². The fraction of sp³-hybridized carbons (Fsp3) is 0.714. The molecule has 0 aromatic carbocycles. The Kier molecular flexibility index (Phi) is 3.21. The molecule has 19 heavy (non-hydrogen) atoms. The number of carbonyl (C=O) groups excluding carboxylic acids is 1. The minimum absolute atomic E-state index is 0.194. The number of fused-ring (bicyclic) bond motifs is 1. The van der Waals surface area contributed by atoms with E-state index in [4.69, 9.17) is 0 Å². The van der Waals surface area contributed by atoms with Crippen molar-refractivity contribution in [3.05, 3.63) is 17.0 Å². The highest BCUT2D eigenvalue weighted by Crippen LogP contribution is 2.29. The second-order valence-corrected chi connectivity index (χ2v) is 5.91. The lowest BCUT2D eigenvalue weighted by Crippen LogP contribution is -2.43. The van der Waals surface area contributed by atoms with Crippen molar-refractivity contribution in [2.75, 3.05) is 13.1 Å². The van der Waals surface area contributed by atoms with Gasteiger partial charge >= 0.3 is 6.03 Å². The molecule has 1 aromatic heterocycles. The SMILES string of the molecule is CC(C)c1n[nH]c2c1CN(C(=O)N1CCCCC1)C2. The van der Waals surface area contributed by atoms with Crippen LogP contribution in [0.15, 0.2) is 0 Å². The molecule has 0 spiro atoms. The Hall–Kier alpha value is -1.52. The first-order valence-electron chi connectivity index (χ1n) is 7.26. The first-order valence-corrected chi connectivity index (χ1v) is 7.26. The first-order chi connectivity index (χ1) is 9.16. The standard InChI is InChI=1S/C14H22N4O/c1-10(2)13-11-8-18(9-12(11)15-16-13)14(19)17-6-4-3-5-7-17/h10H,3-9H2,1-2H3,(H,15,16). The summed E-state index contributed by atoms with van der Waals surface area (Å²) >= 11 is 0. The lowest BCUT2D eigenvalue weighted by molar-refractivity contribution is 0.142. The summed E-state index contributed by atoms with van der Waals surface area (Å²) in [5, 5.41) is 7.46. The van der Waals surface area contributed by atoms with Crippen molar-refractivity contribution in [2.24, 2.45) is 0 Å². The van der Waals surface area contributed by atoms with Crippen molar-refractivity contribution < 1.29 is 4.79 Å². The Morgan fingerprint density at radius 2 is 1.89 bits per heavy atom. The summed E-state index contributed by atoms with van der Waals surface area (Å²) in [5.41, 5.74) is 3.47. The molecule has 1 N–H and O–H groups in total. The number of H-pyrrole nitrogens is 1. The molecule has 5 nitrogen and oxygen atoms in total. The Bertz CT molecular complexity index is 474. The third-order valence-corrected chi connectivity index (χ3v) is 4.13. The topological polar surface area (TPSA) is 52.2 Å². The number of carbonyl (C=O) groups is 1. The van der Waals surface area contributed by atoms with Crippen LogP contribution in [0.3, 0.4) is 0 Å². The monoisotopic (exact) mass is 262 g/mol. The number of hydrogen-bond donors (Lipinski definition) is 1. The number of aromatic nitrogens is 2. The number of rotatable bonds is 1. The minimum atomic E-state index is 0.194. The van der Waals surface area contributed by atoms with E-state index < -0.39 is 0 Å². The molecule has 0 bridgehead atoms. The van der Waals surface area contributed by atoms with Crippen molar-refractivity contribution >= 4 is 6.03 Å². The Morgan fingerprint density at radius 3 is 2.58 bits per heavy atom. The van der Waals surface area contributed by atoms with E-state index in [2.05, 4.69) is 24.0 Å². The number of aromatic amines is 1. The maximum atomic E-state index is 12.5. The molecule has 3 heterocycles. The van der Waals surface area contributed by atoms with Crippen LogP contribution in [0.25, 0.3) is 0 Å². The van der Waals surface area contributed by atoms with E-state index in [9.17, 15) is 4.79 Å². The zero-order valence-electron chi connectivity index (χ0n) is 11.8. The molecule has 0 aliphatic carbocycles. The van der Waals surface area contributed by atoms with E-state index in [0.29, 0.717) is 19.0 Å². The van der Waals surface area contributed by atoms with Gasteiger partial charge in [0, 0.05) is 18.7 Å². The van der Waals surface area contributed by atoms with Gasteiger partial charge in [-0.15, -0.1) is 0 Å². The quantitative estimate of drug-likeness (QED) is 0.845. The van der Waals surface area contributed by atoms with Crippen LogP contribution in [0.4, 0.5) is 4.79 Å². The summed E-state index contributed by atoms with van der Waals surface area (Å²) in [6.07, 6.45) is 3.54. The molecule has 0 saturated carbocycles.